The van der Waals surface area contributed by atoms with Crippen molar-refractivity contribution in [3.8, 4) is 22.8 Å². The molecule has 0 fully saturated rings. The number of methoxy groups -OCH3 is 1. The molecule has 0 bridgehead atoms. The van der Waals surface area contributed by atoms with Crippen LogP contribution in [0.5, 0.6) is 11.6 Å². The number of benzene rings is 1. The molecule has 4 nitrogen and oxygen atoms in total. The van der Waals surface area contributed by atoms with Gasteiger partial charge in [-0.05, 0) is 23.8 Å². The standard InChI is InChI=1S/C13H11F3N2O2/c1-19-12-3-2-8(7-18-12)9-4-10(17)6-11(5-9)20-13(14,15)16/h2-7H,17H2,1H3. The van der Waals surface area contributed by atoms with Gasteiger partial charge in [0.1, 0.15) is 5.75 Å². The van der Waals surface area contributed by atoms with Gasteiger partial charge in [-0.1, -0.05) is 0 Å². The minimum absolute atomic E-state index is 0.164. The van der Waals surface area contributed by atoms with E-state index in [2.05, 4.69) is 9.72 Å². The van der Waals surface area contributed by atoms with Crippen LogP contribution in [0.3, 0.4) is 0 Å². The summed E-state index contributed by atoms with van der Waals surface area (Å²) in [5.74, 6) is 0.0349. The number of pyridine rings is 1. The Morgan fingerprint density at radius 1 is 1.10 bits per heavy atom. The van der Waals surface area contributed by atoms with Gasteiger partial charge in [0, 0.05) is 29.6 Å². The third-order valence-electron chi connectivity index (χ3n) is 2.44. The molecule has 0 aliphatic rings. The van der Waals surface area contributed by atoms with Crippen molar-refractivity contribution >= 4 is 5.69 Å². The van der Waals surface area contributed by atoms with E-state index in [0.717, 1.165) is 6.07 Å². The summed E-state index contributed by atoms with van der Waals surface area (Å²) in [6.07, 6.45) is -3.28. The molecule has 1 heterocycles. The number of rotatable bonds is 3. The summed E-state index contributed by atoms with van der Waals surface area (Å²) in [7, 11) is 1.47. The van der Waals surface area contributed by atoms with Crippen molar-refractivity contribution in [2.24, 2.45) is 0 Å². The SMILES string of the molecule is COc1ccc(-c2cc(N)cc(OC(F)(F)F)c2)cn1. The molecule has 7 heteroatoms. The number of hydrogen-bond donors (Lipinski definition) is 1. The minimum Gasteiger partial charge on any atom is -0.481 e. The molecule has 1 aromatic heterocycles. The zero-order valence-corrected chi connectivity index (χ0v) is 10.4. The largest absolute Gasteiger partial charge is 0.573 e. The van der Waals surface area contributed by atoms with Gasteiger partial charge in [0.05, 0.1) is 7.11 Å². The van der Waals surface area contributed by atoms with Gasteiger partial charge in [-0.2, -0.15) is 0 Å². The Labute approximate surface area is 113 Å². The van der Waals surface area contributed by atoms with Gasteiger partial charge in [-0.25, -0.2) is 4.98 Å². The van der Waals surface area contributed by atoms with Crippen LogP contribution in [0, 0.1) is 0 Å². The number of alkyl halides is 3. The molecule has 2 rings (SSSR count). The number of aromatic nitrogens is 1. The fraction of sp³-hybridized carbons (Fsp3) is 0.154. The molecule has 1 aromatic carbocycles. The van der Waals surface area contributed by atoms with E-state index in [0.29, 0.717) is 17.0 Å². The molecule has 2 N–H and O–H groups in total. The molecule has 0 unspecified atom stereocenters. The average Bonchev–Trinajstić information content (AvgIpc) is 2.36. The molecule has 20 heavy (non-hydrogen) atoms. The van der Waals surface area contributed by atoms with Gasteiger partial charge >= 0.3 is 6.36 Å². The molecular weight excluding hydrogens is 273 g/mol. The van der Waals surface area contributed by atoms with E-state index in [9.17, 15) is 13.2 Å². The molecule has 0 aliphatic carbocycles. The third-order valence-corrected chi connectivity index (χ3v) is 2.44. The molecule has 2 aromatic rings. The molecule has 0 saturated heterocycles. The van der Waals surface area contributed by atoms with Crippen LogP contribution < -0.4 is 15.2 Å². The van der Waals surface area contributed by atoms with Gasteiger partial charge in [-0.3, -0.25) is 0 Å². The fourth-order valence-electron chi connectivity index (χ4n) is 1.65. The quantitative estimate of drug-likeness (QED) is 0.879. The van der Waals surface area contributed by atoms with E-state index in [1.54, 1.807) is 12.1 Å². The second-order valence-corrected chi connectivity index (χ2v) is 3.93. The zero-order chi connectivity index (χ0) is 14.8. The lowest BCUT2D eigenvalue weighted by Gasteiger charge is -2.11. The molecule has 0 amide bonds. The van der Waals surface area contributed by atoms with Crippen LogP contribution in [-0.2, 0) is 0 Å². The monoisotopic (exact) mass is 284 g/mol. The van der Waals surface area contributed by atoms with Gasteiger partial charge in [0.2, 0.25) is 5.88 Å². The van der Waals surface area contributed by atoms with Crippen molar-refractivity contribution in [3.63, 3.8) is 0 Å². The first-order valence-electron chi connectivity index (χ1n) is 5.54. The zero-order valence-electron chi connectivity index (χ0n) is 10.4. The summed E-state index contributed by atoms with van der Waals surface area (Å²) >= 11 is 0. The summed E-state index contributed by atoms with van der Waals surface area (Å²) < 4.78 is 45.4. The van der Waals surface area contributed by atoms with Crippen LogP contribution in [0.2, 0.25) is 0 Å². The smallest absolute Gasteiger partial charge is 0.481 e. The highest BCUT2D eigenvalue weighted by Gasteiger charge is 2.31. The van der Waals surface area contributed by atoms with Crippen LogP contribution in [0.1, 0.15) is 0 Å². The molecule has 0 spiro atoms. The lowest BCUT2D eigenvalue weighted by molar-refractivity contribution is -0.274. The normalized spacial score (nSPS) is 11.2. The highest BCUT2D eigenvalue weighted by atomic mass is 19.4. The van der Waals surface area contributed by atoms with Crippen molar-refractivity contribution in [1.29, 1.82) is 0 Å². The maximum Gasteiger partial charge on any atom is 0.573 e. The van der Waals surface area contributed by atoms with Crippen molar-refractivity contribution in [3.05, 3.63) is 36.5 Å². The van der Waals surface area contributed by atoms with E-state index in [-0.39, 0.29) is 11.4 Å². The van der Waals surface area contributed by atoms with E-state index in [1.165, 1.54) is 25.4 Å². The Bertz CT molecular complexity index is 598. The molecule has 0 radical (unpaired) electrons. The summed E-state index contributed by atoms with van der Waals surface area (Å²) in [6, 6.07) is 7.15. The first-order chi connectivity index (χ1) is 9.37. The maximum absolute atomic E-state index is 12.2. The lowest BCUT2D eigenvalue weighted by Crippen LogP contribution is -2.17. The number of ether oxygens (including phenoxy) is 2. The maximum atomic E-state index is 12.2. The molecule has 0 aliphatic heterocycles. The Balaban J connectivity index is 2.35. The Morgan fingerprint density at radius 2 is 1.85 bits per heavy atom. The van der Waals surface area contributed by atoms with Gasteiger partial charge in [0.25, 0.3) is 0 Å². The predicted molar refractivity (Wildman–Crippen MR) is 67.3 cm³/mol. The summed E-state index contributed by atoms with van der Waals surface area (Å²) in [6.45, 7) is 0. The lowest BCUT2D eigenvalue weighted by atomic mass is 10.1. The number of hydrogen-bond acceptors (Lipinski definition) is 4. The summed E-state index contributed by atoms with van der Waals surface area (Å²) in [5, 5.41) is 0. The van der Waals surface area contributed by atoms with E-state index in [4.69, 9.17) is 10.5 Å². The van der Waals surface area contributed by atoms with E-state index >= 15 is 0 Å². The predicted octanol–water partition coefficient (Wildman–Crippen LogP) is 3.24. The number of nitrogen functional groups attached to an aromatic ring is 1. The number of nitrogens with zero attached hydrogens (tertiary/aromatic N) is 1. The highest BCUT2D eigenvalue weighted by Crippen LogP contribution is 2.30. The van der Waals surface area contributed by atoms with Gasteiger partial charge in [0.15, 0.2) is 0 Å². The van der Waals surface area contributed by atoms with Gasteiger partial charge in [-0.15, -0.1) is 13.2 Å². The summed E-state index contributed by atoms with van der Waals surface area (Å²) in [5.41, 5.74) is 6.82. The second kappa shape index (κ2) is 5.28. The number of nitrogens with two attached hydrogens (primary N) is 1. The van der Waals surface area contributed by atoms with Crippen molar-refractivity contribution < 1.29 is 22.6 Å². The van der Waals surface area contributed by atoms with Gasteiger partial charge < -0.3 is 15.2 Å². The van der Waals surface area contributed by atoms with Crippen LogP contribution in [0.25, 0.3) is 11.1 Å². The fourth-order valence-corrected chi connectivity index (χ4v) is 1.65. The second-order valence-electron chi connectivity index (χ2n) is 3.93. The van der Waals surface area contributed by atoms with Crippen molar-refractivity contribution in [2.75, 3.05) is 12.8 Å². The Morgan fingerprint density at radius 3 is 2.40 bits per heavy atom. The first-order valence-corrected chi connectivity index (χ1v) is 5.54. The van der Waals surface area contributed by atoms with Crippen LogP contribution >= 0.6 is 0 Å². The average molecular weight is 284 g/mol. The van der Waals surface area contributed by atoms with Crippen LogP contribution in [0.4, 0.5) is 18.9 Å². The minimum atomic E-state index is -4.76. The van der Waals surface area contributed by atoms with Crippen molar-refractivity contribution in [1.82, 2.24) is 4.98 Å². The van der Waals surface area contributed by atoms with E-state index < -0.39 is 6.36 Å². The number of anilines is 1. The summed E-state index contributed by atoms with van der Waals surface area (Å²) in [4.78, 5) is 3.98. The van der Waals surface area contributed by atoms with Crippen LogP contribution in [0.15, 0.2) is 36.5 Å². The topological polar surface area (TPSA) is 57.4 Å². The third kappa shape index (κ3) is 3.53. The molecular formula is C13H11F3N2O2. The Hall–Kier alpha value is -2.44. The molecule has 0 atom stereocenters. The van der Waals surface area contributed by atoms with Crippen molar-refractivity contribution in [2.45, 2.75) is 6.36 Å². The number of halogens is 3. The molecule has 106 valence electrons. The van der Waals surface area contributed by atoms with Crippen LogP contribution in [-0.4, -0.2) is 18.5 Å². The van der Waals surface area contributed by atoms with E-state index in [1.807, 2.05) is 0 Å². The first kappa shape index (κ1) is 14.0. The molecule has 0 saturated carbocycles. The highest BCUT2D eigenvalue weighted by molar-refractivity contribution is 5.69. The Kier molecular flexibility index (Phi) is 3.69.